The highest BCUT2D eigenvalue weighted by Gasteiger charge is 2.24. The van der Waals surface area contributed by atoms with Gasteiger partial charge in [0.05, 0.1) is 0 Å². The number of hydrogen-bond donors (Lipinski definition) is 1. The second kappa shape index (κ2) is 7.32. The molecule has 1 aromatic carbocycles. The largest absolute Gasteiger partial charge is 0.399 e. The number of amides is 1. The number of benzene rings is 1. The molecule has 0 aromatic heterocycles. The lowest BCUT2D eigenvalue weighted by Gasteiger charge is -2.26. The molecule has 0 bridgehead atoms. The first-order valence-corrected chi connectivity index (χ1v) is 7.84. The zero-order chi connectivity index (χ0) is 14.4. The fourth-order valence-electron chi connectivity index (χ4n) is 3.04. The first-order valence-electron chi connectivity index (χ1n) is 7.84. The third-order valence-corrected chi connectivity index (χ3v) is 4.22. The van der Waals surface area contributed by atoms with Gasteiger partial charge in [-0.15, -0.1) is 0 Å². The predicted octanol–water partition coefficient (Wildman–Crippen LogP) is 3.59. The van der Waals surface area contributed by atoms with Crippen molar-refractivity contribution < 1.29 is 4.79 Å². The summed E-state index contributed by atoms with van der Waals surface area (Å²) in [4.78, 5) is 14.6. The number of carbonyl (C=O) groups is 1. The molecule has 0 aliphatic heterocycles. The summed E-state index contributed by atoms with van der Waals surface area (Å²) >= 11 is 0. The second-order valence-corrected chi connectivity index (χ2v) is 5.79. The van der Waals surface area contributed by atoms with E-state index in [0.717, 1.165) is 30.6 Å². The van der Waals surface area contributed by atoms with Gasteiger partial charge >= 0.3 is 0 Å². The highest BCUT2D eigenvalue weighted by Crippen LogP contribution is 2.25. The fourth-order valence-corrected chi connectivity index (χ4v) is 3.04. The van der Waals surface area contributed by atoms with E-state index >= 15 is 0 Å². The lowest BCUT2D eigenvalue weighted by Crippen LogP contribution is -2.35. The van der Waals surface area contributed by atoms with Gasteiger partial charge in [-0.2, -0.15) is 0 Å². The monoisotopic (exact) mass is 274 g/mol. The van der Waals surface area contributed by atoms with Crippen LogP contribution >= 0.6 is 0 Å². The molecule has 2 rings (SSSR count). The normalized spacial score (nSPS) is 16.6. The van der Waals surface area contributed by atoms with Crippen LogP contribution in [0.3, 0.4) is 0 Å². The summed E-state index contributed by atoms with van der Waals surface area (Å²) in [5.41, 5.74) is 7.70. The minimum Gasteiger partial charge on any atom is -0.399 e. The maximum Gasteiger partial charge on any atom is 0.225 e. The first-order chi connectivity index (χ1) is 9.70. The average Bonchev–Trinajstić information content (AvgIpc) is 2.73. The Morgan fingerprint density at radius 1 is 1.25 bits per heavy atom. The molecule has 2 N–H and O–H groups in total. The van der Waals surface area contributed by atoms with Crippen molar-refractivity contribution >= 4 is 11.6 Å². The molecule has 0 heterocycles. The van der Waals surface area contributed by atoms with Crippen molar-refractivity contribution in [3.05, 3.63) is 29.8 Å². The molecule has 1 saturated carbocycles. The Kier molecular flexibility index (Phi) is 5.45. The van der Waals surface area contributed by atoms with Gasteiger partial charge in [0.25, 0.3) is 0 Å². The van der Waals surface area contributed by atoms with E-state index in [-0.39, 0.29) is 5.92 Å². The van der Waals surface area contributed by atoms with Gasteiger partial charge in [0.2, 0.25) is 5.91 Å². The molecule has 3 nitrogen and oxygen atoms in total. The molecule has 0 saturated heterocycles. The van der Waals surface area contributed by atoms with Crippen LogP contribution in [-0.2, 0) is 11.3 Å². The molecule has 20 heavy (non-hydrogen) atoms. The van der Waals surface area contributed by atoms with Gasteiger partial charge in [0.1, 0.15) is 0 Å². The molecule has 1 amide bonds. The Morgan fingerprint density at radius 3 is 2.55 bits per heavy atom. The van der Waals surface area contributed by atoms with Crippen LogP contribution < -0.4 is 5.73 Å². The number of nitrogens with two attached hydrogens (primary N) is 1. The van der Waals surface area contributed by atoms with Crippen molar-refractivity contribution in [2.75, 3.05) is 12.3 Å². The summed E-state index contributed by atoms with van der Waals surface area (Å²) in [5.74, 6) is 0.565. The van der Waals surface area contributed by atoms with Crippen LogP contribution in [0.2, 0.25) is 0 Å². The zero-order valence-corrected chi connectivity index (χ0v) is 12.5. The fraction of sp³-hybridized carbons (Fsp3) is 0.588. The highest BCUT2D eigenvalue weighted by atomic mass is 16.2. The summed E-state index contributed by atoms with van der Waals surface area (Å²) in [6.07, 6.45) is 7.09. The smallest absolute Gasteiger partial charge is 0.225 e. The lowest BCUT2D eigenvalue weighted by atomic mass is 9.98. The van der Waals surface area contributed by atoms with Crippen molar-refractivity contribution in [3.63, 3.8) is 0 Å². The van der Waals surface area contributed by atoms with Crippen LogP contribution in [0.25, 0.3) is 0 Å². The number of anilines is 1. The summed E-state index contributed by atoms with van der Waals surface area (Å²) in [7, 11) is 0. The van der Waals surface area contributed by atoms with Gasteiger partial charge in [-0.1, -0.05) is 37.8 Å². The topological polar surface area (TPSA) is 46.3 Å². The molecular weight excluding hydrogens is 248 g/mol. The maximum absolute atomic E-state index is 12.7. The minimum atomic E-state index is 0.235. The van der Waals surface area contributed by atoms with Crippen LogP contribution in [-0.4, -0.2) is 17.4 Å². The predicted molar refractivity (Wildman–Crippen MR) is 83.1 cm³/mol. The number of rotatable bonds is 4. The molecular formula is C17H26N2O. The molecule has 1 fully saturated rings. The molecule has 0 unspecified atom stereocenters. The number of carbonyl (C=O) groups excluding carboxylic acids is 1. The van der Waals surface area contributed by atoms with Crippen LogP contribution in [0.15, 0.2) is 24.3 Å². The van der Waals surface area contributed by atoms with E-state index in [9.17, 15) is 4.79 Å². The summed E-state index contributed by atoms with van der Waals surface area (Å²) in [5, 5.41) is 0. The number of nitrogens with zero attached hydrogens (tertiary/aromatic N) is 1. The van der Waals surface area contributed by atoms with Crippen LogP contribution in [0.1, 0.15) is 51.0 Å². The van der Waals surface area contributed by atoms with E-state index < -0.39 is 0 Å². The van der Waals surface area contributed by atoms with Gasteiger partial charge < -0.3 is 10.6 Å². The SMILES string of the molecule is CCN(Cc1cccc(N)c1)C(=O)C1CCCCCC1. The molecule has 1 aliphatic carbocycles. The minimum absolute atomic E-state index is 0.235. The van der Waals surface area contributed by atoms with Crippen LogP contribution in [0.5, 0.6) is 0 Å². The Hall–Kier alpha value is -1.51. The van der Waals surface area contributed by atoms with Gasteiger partial charge in [0, 0.05) is 24.7 Å². The van der Waals surface area contributed by atoms with E-state index in [1.165, 1.54) is 25.7 Å². The van der Waals surface area contributed by atoms with Gasteiger partial charge in [-0.05, 0) is 37.5 Å². The Labute approximate surface area is 122 Å². The van der Waals surface area contributed by atoms with Crippen LogP contribution in [0.4, 0.5) is 5.69 Å². The summed E-state index contributed by atoms with van der Waals surface area (Å²) < 4.78 is 0. The maximum atomic E-state index is 12.7. The standard InChI is InChI=1S/C17H26N2O/c1-2-19(13-14-8-7-11-16(18)12-14)17(20)15-9-5-3-4-6-10-15/h7-8,11-12,15H,2-6,9-10,13,18H2,1H3. The van der Waals surface area contributed by atoms with E-state index in [4.69, 9.17) is 5.73 Å². The first kappa shape index (κ1) is 14.9. The van der Waals surface area contributed by atoms with Gasteiger partial charge in [0.15, 0.2) is 0 Å². The van der Waals surface area contributed by atoms with Crippen molar-refractivity contribution in [2.24, 2.45) is 5.92 Å². The van der Waals surface area contributed by atoms with E-state index in [0.29, 0.717) is 12.5 Å². The van der Waals surface area contributed by atoms with Crippen molar-refractivity contribution in [2.45, 2.75) is 52.0 Å². The molecule has 0 radical (unpaired) electrons. The lowest BCUT2D eigenvalue weighted by molar-refractivity contribution is -0.136. The molecule has 110 valence electrons. The molecule has 3 heteroatoms. The third kappa shape index (κ3) is 3.99. The van der Waals surface area contributed by atoms with Gasteiger partial charge in [-0.25, -0.2) is 0 Å². The number of nitrogen functional groups attached to an aromatic ring is 1. The van der Waals surface area contributed by atoms with Crippen molar-refractivity contribution in [1.29, 1.82) is 0 Å². The van der Waals surface area contributed by atoms with E-state index in [1.54, 1.807) is 0 Å². The second-order valence-electron chi connectivity index (χ2n) is 5.79. The van der Waals surface area contributed by atoms with Crippen LogP contribution in [0, 0.1) is 5.92 Å². The molecule has 1 aliphatic rings. The Balaban J connectivity index is 2.01. The molecule has 0 atom stereocenters. The van der Waals surface area contributed by atoms with Crippen molar-refractivity contribution in [3.8, 4) is 0 Å². The van der Waals surface area contributed by atoms with E-state index in [1.807, 2.05) is 29.2 Å². The zero-order valence-electron chi connectivity index (χ0n) is 12.5. The molecule has 0 spiro atoms. The Morgan fingerprint density at radius 2 is 1.95 bits per heavy atom. The van der Waals surface area contributed by atoms with E-state index in [2.05, 4.69) is 6.92 Å². The molecule has 1 aromatic rings. The average molecular weight is 274 g/mol. The number of hydrogen-bond acceptors (Lipinski definition) is 2. The Bertz CT molecular complexity index is 436. The quantitative estimate of drug-likeness (QED) is 0.673. The van der Waals surface area contributed by atoms with Gasteiger partial charge in [-0.3, -0.25) is 4.79 Å². The summed E-state index contributed by atoms with van der Waals surface area (Å²) in [6.45, 7) is 3.50. The summed E-state index contributed by atoms with van der Waals surface area (Å²) in [6, 6.07) is 7.84. The third-order valence-electron chi connectivity index (χ3n) is 4.22. The highest BCUT2D eigenvalue weighted by molar-refractivity contribution is 5.78. The van der Waals surface area contributed by atoms with Crippen molar-refractivity contribution in [1.82, 2.24) is 4.90 Å².